The van der Waals surface area contributed by atoms with Crippen molar-refractivity contribution in [1.29, 1.82) is 0 Å². The third-order valence-corrected chi connectivity index (χ3v) is 2.89. The minimum Gasteiger partial charge on any atom is -0.386 e. The molecule has 0 bridgehead atoms. The molecule has 0 unspecified atom stereocenters. The Kier molecular flexibility index (Phi) is 2.94. The molecule has 1 aliphatic heterocycles. The second-order valence-electron chi connectivity index (χ2n) is 4.18. The summed E-state index contributed by atoms with van der Waals surface area (Å²) in [7, 11) is 0. The molecule has 3 rings (SSSR count). The molecule has 2 heterocycles. The molecule has 2 N–H and O–H groups in total. The number of hydrogen-bond acceptors (Lipinski definition) is 5. The first-order valence-electron chi connectivity index (χ1n) is 5.95. The number of amidine groups is 1. The van der Waals surface area contributed by atoms with Gasteiger partial charge in [0.05, 0.1) is 18.4 Å². The van der Waals surface area contributed by atoms with Gasteiger partial charge in [-0.3, -0.25) is 0 Å². The molecule has 0 fully saturated rings. The zero-order valence-electron chi connectivity index (χ0n) is 10.3. The molecule has 1 aromatic heterocycles. The molecule has 0 saturated carbocycles. The zero-order valence-corrected chi connectivity index (χ0v) is 10.3. The van der Waals surface area contributed by atoms with Crippen LogP contribution in [-0.4, -0.2) is 22.3 Å². The molecule has 94 valence electrons. The SMILES string of the molecule is NC1=NC=C(c2cncnc2)N(c2ccccc2)C1. The first-order chi connectivity index (χ1) is 9.34. The summed E-state index contributed by atoms with van der Waals surface area (Å²) in [4.78, 5) is 14.4. The number of rotatable bonds is 2. The number of nitrogens with zero attached hydrogens (tertiary/aromatic N) is 4. The Morgan fingerprint density at radius 3 is 2.53 bits per heavy atom. The molecule has 0 amide bonds. The van der Waals surface area contributed by atoms with E-state index in [9.17, 15) is 0 Å². The third-order valence-electron chi connectivity index (χ3n) is 2.89. The second-order valence-corrected chi connectivity index (χ2v) is 4.18. The van der Waals surface area contributed by atoms with Crippen molar-refractivity contribution < 1.29 is 0 Å². The lowest BCUT2D eigenvalue weighted by Gasteiger charge is -2.29. The molecule has 5 heteroatoms. The Labute approximate surface area is 111 Å². The topological polar surface area (TPSA) is 67.4 Å². The second kappa shape index (κ2) is 4.89. The van der Waals surface area contributed by atoms with E-state index in [-0.39, 0.29) is 0 Å². The maximum absolute atomic E-state index is 5.84. The van der Waals surface area contributed by atoms with Gasteiger partial charge in [0.15, 0.2) is 0 Å². The fourth-order valence-corrected chi connectivity index (χ4v) is 2.00. The van der Waals surface area contributed by atoms with Crippen molar-refractivity contribution >= 4 is 17.2 Å². The van der Waals surface area contributed by atoms with Crippen LogP contribution in [0.4, 0.5) is 5.69 Å². The van der Waals surface area contributed by atoms with Crippen molar-refractivity contribution in [2.75, 3.05) is 11.4 Å². The van der Waals surface area contributed by atoms with Crippen LogP contribution in [0.1, 0.15) is 5.56 Å². The van der Waals surface area contributed by atoms with Crippen LogP contribution in [0.2, 0.25) is 0 Å². The van der Waals surface area contributed by atoms with Gasteiger partial charge in [-0.15, -0.1) is 0 Å². The number of para-hydroxylation sites is 1. The maximum Gasteiger partial charge on any atom is 0.119 e. The molecule has 0 atom stereocenters. The number of benzene rings is 1. The molecule has 0 aliphatic carbocycles. The fourth-order valence-electron chi connectivity index (χ4n) is 2.00. The van der Waals surface area contributed by atoms with Crippen molar-refractivity contribution in [1.82, 2.24) is 9.97 Å². The van der Waals surface area contributed by atoms with E-state index >= 15 is 0 Å². The Morgan fingerprint density at radius 2 is 1.79 bits per heavy atom. The highest BCUT2D eigenvalue weighted by Gasteiger charge is 2.18. The predicted molar refractivity (Wildman–Crippen MR) is 75.4 cm³/mol. The lowest BCUT2D eigenvalue weighted by Crippen LogP contribution is -2.35. The lowest BCUT2D eigenvalue weighted by molar-refractivity contribution is 1.07. The largest absolute Gasteiger partial charge is 0.386 e. The normalized spacial score (nSPS) is 14.8. The number of aromatic nitrogens is 2. The van der Waals surface area contributed by atoms with E-state index in [1.807, 2.05) is 30.3 Å². The van der Waals surface area contributed by atoms with Gasteiger partial charge >= 0.3 is 0 Å². The van der Waals surface area contributed by atoms with Crippen LogP contribution in [0, 0.1) is 0 Å². The van der Waals surface area contributed by atoms with Gasteiger partial charge in [-0.25, -0.2) is 15.0 Å². The average molecular weight is 251 g/mol. The maximum atomic E-state index is 5.84. The van der Waals surface area contributed by atoms with Crippen molar-refractivity contribution in [2.24, 2.45) is 10.7 Å². The summed E-state index contributed by atoms with van der Waals surface area (Å²) in [6.45, 7) is 0.560. The monoisotopic (exact) mass is 251 g/mol. The number of aliphatic imine (C=N–C) groups is 1. The van der Waals surface area contributed by atoms with Crippen LogP contribution >= 0.6 is 0 Å². The van der Waals surface area contributed by atoms with E-state index in [1.54, 1.807) is 18.6 Å². The van der Waals surface area contributed by atoms with Crippen molar-refractivity contribution in [2.45, 2.75) is 0 Å². The van der Waals surface area contributed by atoms with Crippen LogP contribution < -0.4 is 10.6 Å². The van der Waals surface area contributed by atoms with Crippen LogP contribution in [0.3, 0.4) is 0 Å². The molecular formula is C14H13N5. The summed E-state index contributed by atoms with van der Waals surface area (Å²) in [6, 6.07) is 10.1. The van der Waals surface area contributed by atoms with Gasteiger partial charge in [-0.2, -0.15) is 0 Å². The van der Waals surface area contributed by atoms with Gasteiger partial charge in [-0.05, 0) is 12.1 Å². The summed E-state index contributed by atoms with van der Waals surface area (Å²) >= 11 is 0. The van der Waals surface area contributed by atoms with Crippen LogP contribution in [0.25, 0.3) is 5.70 Å². The van der Waals surface area contributed by atoms with Gasteiger partial charge in [0.1, 0.15) is 12.2 Å². The number of hydrogen-bond donors (Lipinski definition) is 1. The van der Waals surface area contributed by atoms with E-state index in [2.05, 4.69) is 19.9 Å². The predicted octanol–water partition coefficient (Wildman–Crippen LogP) is 1.65. The zero-order chi connectivity index (χ0) is 13.1. The smallest absolute Gasteiger partial charge is 0.119 e. The standard InChI is InChI=1S/C14H13N5/c15-14-9-19(12-4-2-1-3-5-12)13(8-18-14)11-6-16-10-17-7-11/h1-8,10H,9H2,(H2,15,18). The summed E-state index contributed by atoms with van der Waals surface area (Å²) in [5.41, 5.74) is 8.76. The van der Waals surface area contributed by atoms with Crippen LogP contribution in [-0.2, 0) is 0 Å². The van der Waals surface area contributed by atoms with Crippen molar-refractivity contribution in [3.05, 3.63) is 60.8 Å². The van der Waals surface area contributed by atoms with Crippen LogP contribution in [0.15, 0.2) is 60.2 Å². The third kappa shape index (κ3) is 2.30. The van der Waals surface area contributed by atoms with Crippen molar-refractivity contribution in [3.63, 3.8) is 0 Å². The van der Waals surface area contributed by atoms with Gasteiger partial charge < -0.3 is 10.6 Å². The lowest BCUT2D eigenvalue weighted by atomic mass is 10.1. The quantitative estimate of drug-likeness (QED) is 0.881. The number of nitrogens with two attached hydrogens (primary N) is 1. The highest BCUT2D eigenvalue weighted by molar-refractivity contribution is 5.94. The molecule has 1 aliphatic rings. The summed E-state index contributed by atoms with van der Waals surface area (Å²) in [5.74, 6) is 0.587. The van der Waals surface area contributed by atoms with E-state index in [0.29, 0.717) is 12.4 Å². The molecule has 0 spiro atoms. The van der Waals surface area contributed by atoms with Crippen LogP contribution in [0.5, 0.6) is 0 Å². The summed E-state index contributed by atoms with van der Waals surface area (Å²) < 4.78 is 0. The minimum absolute atomic E-state index is 0.560. The van der Waals surface area contributed by atoms with E-state index in [1.165, 1.54) is 6.33 Å². The van der Waals surface area contributed by atoms with Gasteiger partial charge in [0, 0.05) is 23.6 Å². The van der Waals surface area contributed by atoms with Gasteiger partial charge in [0.2, 0.25) is 0 Å². The minimum atomic E-state index is 0.560. The van der Waals surface area contributed by atoms with E-state index in [0.717, 1.165) is 16.9 Å². The van der Waals surface area contributed by atoms with Gasteiger partial charge in [-0.1, -0.05) is 18.2 Å². The average Bonchev–Trinajstić information content (AvgIpc) is 2.49. The Morgan fingerprint density at radius 1 is 1.05 bits per heavy atom. The Bertz CT molecular complexity index is 619. The van der Waals surface area contributed by atoms with E-state index in [4.69, 9.17) is 5.73 Å². The van der Waals surface area contributed by atoms with Gasteiger partial charge in [0.25, 0.3) is 0 Å². The molecule has 19 heavy (non-hydrogen) atoms. The first-order valence-corrected chi connectivity index (χ1v) is 5.95. The molecule has 2 aromatic rings. The molecule has 1 aromatic carbocycles. The molecule has 0 radical (unpaired) electrons. The highest BCUT2D eigenvalue weighted by atomic mass is 15.2. The fraction of sp³-hybridized carbons (Fsp3) is 0.0714. The number of anilines is 1. The Hall–Kier alpha value is -2.69. The highest BCUT2D eigenvalue weighted by Crippen LogP contribution is 2.26. The first kappa shape index (κ1) is 11.4. The molecule has 5 nitrogen and oxygen atoms in total. The Balaban J connectivity index is 2.04. The van der Waals surface area contributed by atoms with Crippen molar-refractivity contribution in [3.8, 4) is 0 Å². The molecular weight excluding hydrogens is 238 g/mol. The summed E-state index contributed by atoms with van der Waals surface area (Å²) in [6.07, 6.45) is 6.81. The van der Waals surface area contributed by atoms with E-state index < -0.39 is 0 Å². The molecule has 0 saturated heterocycles. The summed E-state index contributed by atoms with van der Waals surface area (Å²) in [5, 5.41) is 0.